The van der Waals surface area contributed by atoms with Crippen molar-refractivity contribution in [3.63, 3.8) is 0 Å². The van der Waals surface area contributed by atoms with Gasteiger partial charge in [-0.15, -0.1) is 29.5 Å². The molecule has 11 nitrogen and oxygen atoms in total. The molecule has 3 heterocycles. The Kier molecular flexibility index (Phi) is 6.60. The summed E-state index contributed by atoms with van der Waals surface area (Å²) in [6.45, 7) is -0.208. The second kappa shape index (κ2) is 9.16. The van der Waals surface area contributed by atoms with Gasteiger partial charge in [-0.1, -0.05) is 22.7 Å². The summed E-state index contributed by atoms with van der Waals surface area (Å²) in [5.41, 5.74) is -0.473. The topological polar surface area (TPSA) is 150 Å². The molecule has 1 unspecified atom stereocenters. The first-order valence-electron chi connectivity index (χ1n) is 8.06. The number of rotatable bonds is 8. The number of hydrogen-bond acceptors (Lipinski definition) is 9. The van der Waals surface area contributed by atoms with Gasteiger partial charge in [-0.3, -0.25) is 19.3 Å². The third kappa shape index (κ3) is 4.11. The average molecular weight is 470 g/mol. The molecule has 2 aliphatic rings. The molecule has 3 rings (SSSR count). The van der Waals surface area contributed by atoms with E-state index in [1.54, 1.807) is 0 Å². The van der Waals surface area contributed by atoms with Gasteiger partial charge in [0.1, 0.15) is 22.8 Å². The first-order chi connectivity index (χ1) is 14.4. The van der Waals surface area contributed by atoms with Gasteiger partial charge >= 0.3 is 5.97 Å². The SMILES string of the molecule is C#CCON=C(C(=O)NC1C(=O)N2C(C(=O)O)=C(Cl)CS[C@@H]12)c1csc(NC=O)n1. The molecule has 1 aromatic rings. The Bertz CT molecular complexity index is 1020. The first kappa shape index (κ1) is 21.6. The van der Waals surface area contributed by atoms with Crippen molar-refractivity contribution >= 4 is 69.7 Å². The van der Waals surface area contributed by atoms with Gasteiger partial charge in [-0.25, -0.2) is 9.78 Å². The molecule has 0 saturated carbocycles. The summed E-state index contributed by atoms with van der Waals surface area (Å²) in [6, 6.07) is -0.995. The van der Waals surface area contributed by atoms with Crippen LogP contribution >= 0.6 is 34.7 Å². The second-order valence-corrected chi connectivity index (χ2v) is 8.06. The van der Waals surface area contributed by atoms with E-state index in [9.17, 15) is 24.3 Å². The number of fused-ring (bicyclic) bond motifs is 1. The van der Waals surface area contributed by atoms with Gasteiger partial charge in [0.05, 0.1) is 5.03 Å². The molecule has 3 amide bonds. The molecular formula is C16H12ClN5O6S2. The number of anilines is 1. The van der Waals surface area contributed by atoms with E-state index in [4.69, 9.17) is 22.9 Å². The number of carboxylic acids is 1. The van der Waals surface area contributed by atoms with Crippen molar-refractivity contribution in [1.82, 2.24) is 15.2 Å². The van der Waals surface area contributed by atoms with Crippen LogP contribution in [0.2, 0.25) is 0 Å². The number of nitrogens with one attached hydrogen (secondary N) is 2. The fraction of sp³-hybridized carbons (Fsp3) is 0.250. The van der Waals surface area contributed by atoms with Gasteiger partial charge in [0.2, 0.25) is 6.41 Å². The zero-order valence-corrected chi connectivity index (χ0v) is 17.2. The fourth-order valence-corrected chi connectivity index (χ4v) is 4.83. The predicted molar refractivity (Wildman–Crippen MR) is 109 cm³/mol. The molecule has 2 aliphatic heterocycles. The summed E-state index contributed by atoms with van der Waals surface area (Å²) in [4.78, 5) is 57.2. The minimum absolute atomic E-state index is 0.0458. The summed E-state index contributed by atoms with van der Waals surface area (Å²) in [6.07, 6.45) is 5.53. The molecule has 156 valence electrons. The molecule has 30 heavy (non-hydrogen) atoms. The van der Waals surface area contributed by atoms with Crippen molar-refractivity contribution < 1.29 is 29.1 Å². The van der Waals surface area contributed by atoms with E-state index >= 15 is 0 Å². The second-order valence-electron chi connectivity index (χ2n) is 5.64. The molecule has 0 aliphatic carbocycles. The summed E-state index contributed by atoms with van der Waals surface area (Å²) in [5, 5.41) is 18.9. The number of oxime groups is 1. The summed E-state index contributed by atoms with van der Waals surface area (Å²) >= 11 is 8.18. The third-order valence-electron chi connectivity index (χ3n) is 3.86. The maximum absolute atomic E-state index is 12.8. The quantitative estimate of drug-likeness (QED) is 0.120. The van der Waals surface area contributed by atoms with E-state index in [1.165, 1.54) is 17.1 Å². The summed E-state index contributed by atoms with van der Waals surface area (Å²) in [7, 11) is 0. The Morgan fingerprint density at radius 2 is 2.33 bits per heavy atom. The zero-order valence-electron chi connectivity index (χ0n) is 14.8. The number of thioether (sulfide) groups is 1. The van der Waals surface area contributed by atoms with Crippen molar-refractivity contribution in [2.45, 2.75) is 11.4 Å². The number of halogens is 1. The van der Waals surface area contributed by atoms with Crippen LogP contribution in [-0.2, 0) is 24.0 Å². The number of terminal acetylenes is 1. The number of thiazole rings is 1. The van der Waals surface area contributed by atoms with Gasteiger partial charge in [0, 0.05) is 11.1 Å². The van der Waals surface area contributed by atoms with E-state index in [2.05, 4.69) is 26.7 Å². The molecule has 1 fully saturated rings. The van der Waals surface area contributed by atoms with E-state index in [0.29, 0.717) is 6.41 Å². The molecule has 0 bridgehead atoms. The van der Waals surface area contributed by atoms with Gasteiger partial charge in [0.15, 0.2) is 17.5 Å². The Hall–Kier alpha value is -3.08. The number of amides is 3. The Balaban J connectivity index is 1.79. The molecule has 0 aromatic carbocycles. The van der Waals surface area contributed by atoms with Crippen molar-refractivity contribution in [3.05, 3.63) is 21.8 Å². The van der Waals surface area contributed by atoms with E-state index in [0.717, 1.165) is 16.2 Å². The number of nitrogens with zero attached hydrogens (tertiary/aromatic N) is 3. The molecule has 14 heteroatoms. The van der Waals surface area contributed by atoms with Gasteiger partial charge in [-0.05, 0) is 0 Å². The minimum atomic E-state index is -1.33. The largest absolute Gasteiger partial charge is 0.477 e. The Morgan fingerprint density at radius 1 is 1.57 bits per heavy atom. The van der Waals surface area contributed by atoms with Crippen molar-refractivity contribution in [2.24, 2.45) is 5.16 Å². The number of β-lactam (4-membered cyclic amide) rings is 1. The van der Waals surface area contributed by atoms with Gasteiger partial charge < -0.3 is 20.6 Å². The number of aromatic nitrogens is 1. The third-order valence-corrected chi connectivity index (χ3v) is 6.38. The average Bonchev–Trinajstić information content (AvgIpc) is 3.17. The smallest absolute Gasteiger partial charge is 0.353 e. The molecule has 1 saturated heterocycles. The zero-order chi connectivity index (χ0) is 21.8. The lowest BCUT2D eigenvalue weighted by atomic mass is 10.0. The van der Waals surface area contributed by atoms with E-state index in [-0.39, 0.29) is 39.6 Å². The maximum atomic E-state index is 12.8. The molecule has 0 spiro atoms. The molecule has 2 atom stereocenters. The lowest BCUT2D eigenvalue weighted by Crippen LogP contribution is -2.71. The van der Waals surface area contributed by atoms with Crippen molar-refractivity contribution in [2.75, 3.05) is 17.7 Å². The Labute approximate surface area is 182 Å². The summed E-state index contributed by atoms with van der Waals surface area (Å²) < 4.78 is 0. The van der Waals surface area contributed by atoms with Crippen LogP contribution in [0.25, 0.3) is 0 Å². The van der Waals surface area contributed by atoms with Crippen molar-refractivity contribution in [1.29, 1.82) is 0 Å². The normalized spacial score (nSPS) is 20.6. The van der Waals surface area contributed by atoms with Crippen LogP contribution in [-0.4, -0.2) is 68.7 Å². The highest BCUT2D eigenvalue weighted by Crippen LogP contribution is 2.41. The van der Waals surface area contributed by atoms with Crippen LogP contribution in [0.5, 0.6) is 0 Å². The monoisotopic (exact) mass is 469 g/mol. The highest BCUT2D eigenvalue weighted by Gasteiger charge is 2.54. The Morgan fingerprint density at radius 3 is 3.00 bits per heavy atom. The molecule has 1 aromatic heterocycles. The number of carbonyl (C=O) groups excluding carboxylic acids is 3. The van der Waals surface area contributed by atoms with Crippen LogP contribution in [0.15, 0.2) is 21.3 Å². The number of carbonyl (C=O) groups is 4. The van der Waals surface area contributed by atoms with Crippen LogP contribution in [0.3, 0.4) is 0 Å². The minimum Gasteiger partial charge on any atom is -0.477 e. The highest BCUT2D eigenvalue weighted by atomic mass is 35.5. The standard InChI is InChI=1S/C16H12ClN5O6S2/c1-2-3-28-21-9(8-5-30-16(19-8)18-6-23)12(24)20-10-13(25)22-11(15(26)27)7(17)4-29-14(10)22/h1,5-6,10,14H,3-4H2,(H,20,24)(H,26,27)(H,18,19,23)/t10?,14-/m0/s1. The number of hydrogen-bond donors (Lipinski definition) is 3. The molecule has 3 N–H and O–H groups in total. The van der Waals surface area contributed by atoms with Crippen LogP contribution in [0.1, 0.15) is 5.69 Å². The lowest BCUT2D eigenvalue weighted by Gasteiger charge is -2.48. The molecular weight excluding hydrogens is 458 g/mol. The number of carboxylic acid groups (broad SMARTS) is 1. The number of aliphatic carboxylic acids is 1. The lowest BCUT2D eigenvalue weighted by molar-refractivity contribution is -0.150. The molecule has 0 radical (unpaired) electrons. The van der Waals surface area contributed by atoms with E-state index in [1.807, 2.05) is 0 Å². The predicted octanol–water partition coefficient (Wildman–Crippen LogP) is 0.000200. The summed E-state index contributed by atoms with van der Waals surface area (Å²) in [5.74, 6) is -0.363. The fourth-order valence-electron chi connectivity index (χ4n) is 2.63. The van der Waals surface area contributed by atoms with Gasteiger partial charge in [-0.2, -0.15) is 0 Å². The van der Waals surface area contributed by atoms with Crippen molar-refractivity contribution in [3.8, 4) is 12.3 Å². The van der Waals surface area contributed by atoms with Gasteiger partial charge in [0.25, 0.3) is 11.8 Å². The van der Waals surface area contributed by atoms with E-state index < -0.39 is 29.2 Å². The first-order valence-corrected chi connectivity index (χ1v) is 10.4. The van der Waals surface area contributed by atoms with Crippen LogP contribution < -0.4 is 10.6 Å². The maximum Gasteiger partial charge on any atom is 0.353 e. The highest BCUT2D eigenvalue weighted by molar-refractivity contribution is 8.00. The van der Waals surface area contributed by atoms with Crippen LogP contribution in [0.4, 0.5) is 5.13 Å². The van der Waals surface area contributed by atoms with Crippen LogP contribution in [0, 0.1) is 12.3 Å².